The molecule has 2 rings (SSSR count). The molecule has 0 radical (unpaired) electrons. The van der Waals surface area contributed by atoms with Gasteiger partial charge >= 0.3 is 0 Å². The van der Waals surface area contributed by atoms with E-state index in [0.29, 0.717) is 11.9 Å². The van der Waals surface area contributed by atoms with Crippen molar-refractivity contribution in [2.75, 3.05) is 35.4 Å². The minimum atomic E-state index is 0.360. The molecule has 2 saturated heterocycles. The monoisotopic (exact) mass is 268 g/mol. The van der Waals surface area contributed by atoms with Gasteiger partial charge in [-0.3, -0.25) is 0 Å². The van der Waals surface area contributed by atoms with E-state index in [1.54, 1.807) is 0 Å². The maximum absolute atomic E-state index is 9.25. The Balaban J connectivity index is 1.58. The van der Waals surface area contributed by atoms with E-state index in [-0.39, 0.29) is 0 Å². The van der Waals surface area contributed by atoms with E-state index in [0.717, 1.165) is 16.3 Å². The zero-order valence-electron chi connectivity index (χ0n) is 8.05. The molecule has 0 aromatic rings. The molecule has 82 valence electrons. The van der Waals surface area contributed by atoms with Gasteiger partial charge in [-0.05, 0) is 0 Å². The molecule has 0 amide bonds. The van der Waals surface area contributed by atoms with E-state index in [2.05, 4.69) is 11.8 Å². The summed E-state index contributed by atoms with van der Waals surface area (Å²) in [4.78, 5) is 0. The standard InChI is InChI=1S/C9H16OS4/c10-1-7(14-9-4-12-5-9)6-13-8-2-11-3-8/h7-10H,1-6H2. The fourth-order valence-corrected chi connectivity index (χ4v) is 6.44. The molecule has 5 heteroatoms. The average Bonchev–Trinajstić information content (AvgIpc) is 2.04. The van der Waals surface area contributed by atoms with Crippen LogP contribution in [0, 0.1) is 0 Å². The molecule has 1 unspecified atom stereocenters. The van der Waals surface area contributed by atoms with E-state index in [1.165, 1.54) is 23.0 Å². The summed E-state index contributed by atoms with van der Waals surface area (Å²) in [5, 5.41) is 11.4. The normalized spacial score (nSPS) is 25.5. The van der Waals surface area contributed by atoms with Gasteiger partial charge in [0.1, 0.15) is 0 Å². The van der Waals surface area contributed by atoms with Crippen molar-refractivity contribution in [1.82, 2.24) is 0 Å². The average molecular weight is 268 g/mol. The van der Waals surface area contributed by atoms with Crippen LogP contribution in [0.1, 0.15) is 0 Å². The number of hydrogen-bond acceptors (Lipinski definition) is 5. The topological polar surface area (TPSA) is 20.2 Å². The smallest absolute Gasteiger partial charge is 0.0558 e. The Kier molecular flexibility index (Phi) is 5.23. The van der Waals surface area contributed by atoms with Gasteiger partial charge < -0.3 is 5.11 Å². The van der Waals surface area contributed by atoms with E-state index >= 15 is 0 Å². The second kappa shape index (κ2) is 6.18. The third-order valence-corrected chi connectivity index (χ3v) is 8.75. The van der Waals surface area contributed by atoms with Crippen molar-refractivity contribution in [2.24, 2.45) is 0 Å². The van der Waals surface area contributed by atoms with Crippen LogP contribution in [0.25, 0.3) is 0 Å². The highest BCUT2D eigenvalue weighted by Crippen LogP contribution is 2.35. The zero-order valence-corrected chi connectivity index (χ0v) is 11.3. The zero-order chi connectivity index (χ0) is 9.80. The lowest BCUT2D eigenvalue weighted by Crippen LogP contribution is -2.28. The fraction of sp³-hybridized carbons (Fsp3) is 1.00. The number of thioether (sulfide) groups is 4. The first-order chi connectivity index (χ1) is 6.88. The second-order valence-corrected chi connectivity index (χ2v) is 8.68. The van der Waals surface area contributed by atoms with Crippen molar-refractivity contribution in [3.05, 3.63) is 0 Å². The molecule has 0 aromatic heterocycles. The maximum Gasteiger partial charge on any atom is 0.0558 e. The Bertz CT molecular complexity index is 170. The van der Waals surface area contributed by atoms with Gasteiger partial charge in [0.05, 0.1) is 6.61 Å². The molecule has 0 aromatic carbocycles. The van der Waals surface area contributed by atoms with Crippen LogP contribution in [0.4, 0.5) is 0 Å². The summed E-state index contributed by atoms with van der Waals surface area (Å²) in [5.41, 5.74) is 0. The summed E-state index contributed by atoms with van der Waals surface area (Å²) in [5.74, 6) is 6.39. The summed E-state index contributed by atoms with van der Waals surface area (Å²) in [6.07, 6.45) is 0. The molecule has 1 atom stereocenters. The van der Waals surface area contributed by atoms with Gasteiger partial charge in [0.15, 0.2) is 0 Å². The summed E-state index contributed by atoms with van der Waals surface area (Å²) < 4.78 is 0. The molecule has 1 nitrogen and oxygen atoms in total. The molecule has 0 bridgehead atoms. The van der Waals surface area contributed by atoms with Crippen LogP contribution in [0.3, 0.4) is 0 Å². The molecular formula is C9H16OS4. The predicted octanol–water partition coefficient (Wildman–Crippen LogP) is 2.04. The quantitative estimate of drug-likeness (QED) is 0.793. The summed E-state index contributed by atoms with van der Waals surface area (Å²) in [6, 6.07) is 0. The van der Waals surface area contributed by atoms with Gasteiger partial charge in [0.25, 0.3) is 0 Å². The third-order valence-electron chi connectivity index (χ3n) is 2.32. The summed E-state index contributed by atoms with van der Waals surface area (Å²) >= 11 is 8.14. The summed E-state index contributed by atoms with van der Waals surface area (Å²) in [6.45, 7) is 0.360. The fourth-order valence-electron chi connectivity index (χ4n) is 1.25. The van der Waals surface area contributed by atoms with Crippen LogP contribution in [0.15, 0.2) is 0 Å². The Morgan fingerprint density at radius 3 is 2.21 bits per heavy atom. The van der Waals surface area contributed by atoms with E-state index in [1.807, 2.05) is 35.3 Å². The Labute approximate surface area is 103 Å². The summed E-state index contributed by atoms with van der Waals surface area (Å²) in [7, 11) is 0. The lowest BCUT2D eigenvalue weighted by atomic mass is 10.5. The van der Waals surface area contributed by atoms with E-state index in [9.17, 15) is 5.11 Å². The number of aliphatic hydroxyl groups is 1. The Morgan fingerprint density at radius 2 is 1.79 bits per heavy atom. The molecule has 1 N–H and O–H groups in total. The molecule has 0 saturated carbocycles. The number of aliphatic hydroxyl groups excluding tert-OH is 1. The molecule has 2 heterocycles. The maximum atomic E-state index is 9.25. The second-order valence-electron chi connectivity index (χ2n) is 3.59. The highest BCUT2D eigenvalue weighted by molar-refractivity contribution is 8.09. The van der Waals surface area contributed by atoms with Gasteiger partial charge in [-0.15, -0.1) is 0 Å². The van der Waals surface area contributed by atoms with Crippen molar-refractivity contribution in [3.63, 3.8) is 0 Å². The van der Waals surface area contributed by atoms with Crippen LogP contribution in [-0.4, -0.2) is 56.2 Å². The van der Waals surface area contributed by atoms with E-state index in [4.69, 9.17) is 0 Å². The van der Waals surface area contributed by atoms with Crippen molar-refractivity contribution < 1.29 is 5.11 Å². The van der Waals surface area contributed by atoms with Crippen molar-refractivity contribution in [1.29, 1.82) is 0 Å². The molecule has 14 heavy (non-hydrogen) atoms. The minimum absolute atomic E-state index is 0.360. The van der Waals surface area contributed by atoms with Crippen molar-refractivity contribution in [3.8, 4) is 0 Å². The van der Waals surface area contributed by atoms with Crippen LogP contribution in [0.5, 0.6) is 0 Å². The highest BCUT2D eigenvalue weighted by Gasteiger charge is 2.25. The van der Waals surface area contributed by atoms with Crippen molar-refractivity contribution in [2.45, 2.75) is 15.7 Å². The van der Waals surface area contributed by atoms with Crippen LogP contribution in [0.2, 0.25) is 0 Å². The molecule has 2 aliphatic heterocycles. The lowest BCUT2D eigenvalue weighted by molar-refractivity contribution is 0.301. The van der Waals surface area contributed by atoms with Crippen molar-refractivity contribution >= 4 is 47.0 Å². The molecule has 0 spiro atoms. The lowest BCUT2D eigenvalue weighted by Gasteiger charge is -2.30. The van der Waals surface area contributed by atoms with Crippen LogP contribution < -0.4 is 0 Å². The van der Waals surface area contributed by atoms with Gasteiger partial charge in [0.2, 0.25) is 0 Å². The predicted molar refractivity (Wildman–Crippen MR) is 73.1 cm³/mol. The third kappa shape index (κ3) is 3.44. The van der Waals surface area contributed by atoms with Crippen LogP contribution >= 0.6 is 47.0 Å². The SMILES string of the molecule is OCC(CSC1CSC1)SC1CSC1. The van der Waals surface area contributed by atoms with Gasteiger partial charge in [0, 0.05) is 44.5 Å². The Morgan fingerprint density at radius 1 is 1.14 bits per heavy atom. The number of rotatable bonds is 6. The first-order valence-corrected chi connectivity index (χ1v) is 9.22. The largest absolute Gasteiger partial charge is 0.395 e. The van der Waals surface area contributed by atoms with E-state index < -0.39 is 0 Å². The first-order valence-electron chi connectivity index (χ1n) is 4.92. The minimum Gasteiger partial charge on any atom is -0.395 e. The molecule has 2 aliphatic rings. The van der Waals surface area contributed by atoms with Gasteiger partial charge in [-0.1, -0.05) is 0 Å². The molecule has 0 aliphatic carbocycles. The molecular weight excluding hydrogens is 252 g/mol. The molecule has 2 fully saturated rings. The Hall–Kier alpha value is 1.36. The van der Waals surface area contributed by atoms with Gasteiger partial charge in [-0.2, -0.15) is 47.0 Å². The van der Waals surface area contributed by atoms with Gasteiger partial charge in [-0.25, -0.2) is 0 Å². The first kappa shape index (κ1) is 11.8. The highest BCUT2D eigenvalue weighted by atomic mass is 32.2. The van der Waals surface area contributed by atoms with Crippen LogP contribution in [-0.2, 0) is 0 Å². The number of hydrogen-bond donors (Lipinski definition) is 1.